The molecule has 1 atom stereocenters. The van der Waals surface area contributed by atoms with E-state index in [2.05, 4.69) is 11.0 Å². The fourth-order valence-electron chi connectivity index (χ4n) is 4.82. The van der Waals surface area contributed by atoms with E-state index in [0.717, 1.165) is 22.2 Å². The highest BCUT2D eigenvalue weighted by Crippen LogP contribution is 2.38. The second-order valence-corrected chi connectivity index (χ2v) is 10.3. The highest BCUT2D eigenvalue weighted by atomic mass is 35.5. The number of halogens is 4. The van der Waals surface area contributed by atoms with Crippen LogP contribution in [0.3, 0.4) is 0 Å². The minimum absolute atomic E-state index is 0. The van der Waals surface area contributed by atoms with Gasteiger partial charge in [-0.3, -0.25) is 14.2 Å². The topological polar surface area (TPSA) is 71.6 Å². The van der Waals surface area contributed by atoms with Gasteiger partial charge >= 0.3 is 0 Å². The van der Waals surface area contributed by atoms with Crippen LogP contribution in [0.1, 0.15) is 6.92 Å². The zero-order valence-corrected chi connectivity index (χ0v) is 23.6. The van der Waals surface area contributed by atoms with Crippen LogP contribution in [0.2, 0.25) is 15.1 Å². The molecule has 2 heterocycles. The van der Waals surface area contributed by atoms with Crippen LogP contribution in [-0.2, 0) is 4.79 Å². The van der Waals surface area contributed by atoms with Crippen molar-refractivity contribution in [1.29, 1.82) is 0 Å². The first kappa shape index (κ1) is 28.3. The molecule has 1 saturated heterocycles. The van der Waals surface area contributed by atoms with Crippen LogP contribution in [0.5, 0.6) is 0 Å². The van der Waals surface area contributed by atoms with Crippen molar-refractivity contribution in [3.8, 4) is 16.8 Å². The number of rotatable bonds is 4. The number of hydrogen-bond acceptors (Lipinski definition) is 4. The van der Waals surface area contributed by atoms with Crippen molar-refractivity contribution < 1.29 is 4.79 Å². The van der Waals surface area contributed by atoms with E-state index in [0.29, 0.717) is 52.5 Å². The molecular weight excluding hydrogens is 566 g/mol. The van der Waals surface area contributed by atoms with Gasteiger partial charge in [-0.25, -0.2) is 0 Å². The van der Waals surface area contributed by atoms with E-state index in [9.17, 15) is 9.59 Å². The first-order valence-corrected chi connectivity index (χ1v) is 13.1. The van der Waals surface area contributed by atoms with E-state index in [4.69, 9.17) is 40.5 Å². The van der Waals surface area contributed by atoms with E-state index in [1.165, 1.54) is 6.07 Å². The largest absolute Gasteiger partial charge is 0.368 e. The maximum absolute atomic E-state index is 13.3. The van der Waals surface area contributed by atoms with Crippen molar-refractivity contribution in [2.24, 2.45) is 5.73 Å². The Balaban J connectivity index is 0.00000336. The highest BCUT2D eigenvalue weighted by Gasteiger charge is 2.25. The van der Waals surface area contributed by atoms with E-state index in [-0.39, 0.29) is 23.9 Å². The van der Waals surface area contributed by atoms with Gasteiger partial charge in [-0.05, 0) is 48.9 Å². The molecule has 0 bridgehead atoms. The molecule has 0 unspecified atom stereocenters. The number of carbonyl (C=O) groups is 1. The quantitative estimate of drug-likeness (QED) is 0.314. The number of nitrogens with zero attached hydrogens (tertiary/aromatic N) is 3. The van der Waals surface area contributed by atoms with E-state index < -0.39 is 6.04 Å². The lowest BCUT2D eigenvalue weighted by molar-refractivity contribution is -0.132. The Labute approximate surface area is 241 Å². The molecule has 3 aromatic carbocycles. The molecular formula is C28H26Cl4N4O2. The van der Waals surface area contributed by atoms with Crippen LogP contribution in [-0.4, -0.2) is 47.6 Å². The van der Waals surface area contributed by atoms with Crippen LogP contribution in [0.25, 0.3) is 27.7 Å². The number of piperazine rings is 1. The van der Waals surface area contributed by atoms with Crippen molar-refractivity contribution in [1.82, 2.24) is 9.47 Å². The third-order valence-corrected chi connectivity index (χ3v) is 7.61. The Morgan fingerprint density at radius 1 is 0.842 bits per heavy atom. The minimum atomic E-state index is -0.533. The van der Waals surface area contributed by atoms with Crippen molar-refractivity contribution >= 4 is 69.7 Å². The standard InChI is InChI=1S/C28H25Cl3N4O2.ClH/c1-17(32)28(37)34-13-11-33(12-14-34)18-15-21(19-5-2-3-6-22(19)29)20-9-10-26(36)35(25(20)16-18)27-23(30)7-4-8-24(27)31;/h2-10,15-17H,11-14,32H2,1H3;1H/t17-;/m0./s1. The molecule has 5 rings (SSSR count). The third kappa shape index (κ3) is 5.24. The van der Waals surface area contributed by atoms with Gasteiger partial charge in [0.15, 0.2) is 0 Å². The fraction of sp³-hybridized carbons (Fsp3) is 0.214. The summed E-state index contributed by atoms with van der Waals surface area (Å²) in [5, 5.41) is 2.17. The molecule has 1 aliphatic rings. The molecule has 10 heteroatoms. The van der Waals surface area contributed by atoms with Crippen molar-refractivity contribution in [3.63, 3.8) is 0 Å². The van der Waals surface area contributed by atoms with Gasteiger partial charge in [-0.15, -0.1) is 12.4 Å². The summed E-state index contributed by atoms with van der Waals surface area (Å²) in [5.41, 5.74) is 9.27. The predicted octanol–water partition coefficient (Wildman–Crippen LogP) is 6.04. The van der Waals surface area contributed by atoms with Gasteiger partial charge in [0.05, 0.1) is 27.3 Å². The summed E-state index contributed by atoms with van der Waals surface area (Å²) < 4.78 is 1.56. The number of fused-ring (bicyclic) bond motifs is 1. The van der Waals surface area contributed by atoms with Crippen molar-refractivity contribution in [3.05, 3.63) is 92.2 Å². The van der Waals surface area contributed by atoms with Crippen molar-refractivity contribution in [2.75, 3.05) is 31.1 Å². The summed E-state index contributed by atoms with van der Waals surface area (Å²) >= 11 is 19.7. The van der Waals surface area contributed by atoms with Crippen molar-refractivity contribution in [2.45, 2.75) is 13.0 Å². The number of nitrogens with two attached hydrogens (primary N) is 1. The normalized spacial score (nSPS) is 14.3. The minimum Gasteiger partial charge on any atom is -0.368 e. The lowest BCUT2D eigenvalue weighted by Gasteiger charge is -2.37. The monoisotopic (exact) mass is 590 g/mol. The fourth-order valence-corrected chi connectivity index (χ4v) is 5.63. The number of benzene rings is 3. The second-order valence-electron chi connectivity index (χ2n) is 9.08. The van der Waals surface area contributed by atoms with E-state index in [1.807, 2.05) is 30.3 Å². The molecule has 1 aromatic heterocycles. The number of amides is 1. The van der Waals surface area contributed by atoms with Gasteiger partial charge in [0.25, 0.3) is 5.56 Å². The molecule has 2 N–H and O–H groups in total. The summed E-state index contributed by atoms with van der Waals surface area (Å²) in [6.07, 6.45) is 0. The van der Waals surface area contributed by atoms with Gasteiger partial charge in [-0.1, -0.05) is 59.1 Å². The van der Waals surface area contributed by atoms with Gasteiger partial charge in [0, 0.05) is 53.9 Å². The second kappa shape index (κ2) is 11.6. The molecule has 1 fully saturated rings. The van der Waals surface area contributed by atoms with Crippen LogP contribution >= 0.6 is 47.2 Å². The lowest BCUT2D eigenvalue weighted by atomic mass is 9.98. The van der Waals surface area contributed by atoms with E-state index >= 15 is 0 Å². The number of pyridine rings is 1. The zero-order valence-electron chi connectivity index (χ0n) is 20.5. The zero-order chi connectivity index (χ0) is 26.3. The third-order valence-electron chi connectivity index (χ3n) is 6.67. The first-order chi connectivity index (χ1) is 17.8. The molecule has 0 saturated carbocycles. The van der Waals surface area contributed by atoms with Gasteiger partial charge in [-0.2, -0.15) is 0 Å². The molecule has 38 heavy (non-hydrogen) atoms. The Morgan fingerprint density at radius 3 is 2.11 bits per heavy atom. The average Bonchev–Trinajstić information content (AvgIpc) is 2.89. The highest BCUT2D eigenvalue weighted by molar-refractivity contribution is 6.38. The van der Waals surface area contributed by atoms with Crippen LogP contribution < -0.4 is 16.2 Å². The van der Waals surface area contributed by atoms with Crippen LogP contribution in [0.4, 0.5) is 5.69 Å². The summed E-state index contributed by atoms with van der Waals surface area (Å²) in [5.74, 6) is -0.0582. The van der Waals surface area contributed by atoms with Crippen LogP contribution in [0, 0.1) is 0 Å². The molecule has 0 aliphatic carbocycles. The van der Waals surface area contributed by atoms with Crippen LogP contribution in [0.15, 0.2) is 71.5 Å². The number of carbonyl (C=O) groups excluding carboxylic acids is 1. The first-order valence-electron chi connectivity index (χ1n) is 11.9. The van der Waals surface area contributed by atoms with Gasteiger partial charge in [0.2, 0.25) is 5.91 Å². The summed E-state index contributed by atoms with van der Waals surface area (Å²) in [6, 6.07) is 19.6. The Hall–Kier alpha value is -2.74. The number of aromatic nitrogens is 1. The smallest absolute Gasteiger partial charge is 0.255 e. The molecule has 0 radical (unpaired) electrons. The Bertz CT molecular complexity index is 1540. The molecule has 1 aliphatic heterocycles. The Morgan fingerprint density at radius 2 is 1.47 bits per heavy atom. The number of hydrogen-bond donors (Lipinski definition) is 1. The summed E-state index contributed by atoms with van der Waals surface area (Å²) in [6.45, 7) is 4.05. The molecule has 4 aromatic rings. The van der Waals surface area contributed by atoms with E-state index in [1.54, 1.807) is 40.7 Å². The summed E-state index contributed by atoms with van der Waals surface area (Å²) in [7, 11) is 0. The van der Waals surface area contributed by atoms with Gasteiger partial charge < -0.3 is 15.5 Å². The van der Waals surface area contributed by atoms with Gasteiger partial charge in [0.1, 0.15) is 0 Å². The SMILES string of the molecule is C[C@H](N)C(=O)N1CCN(c2cc(-c3ccccc3Cl)c3ccc(=O)n(-c4c(Cl)cccc4Cl)c3c2)CC1.Cl. The average molecular weight is 592 g/mol. The predicted molar refractivity (Wildman–Crippen MR) is 160 cm³/mol. The molecule has 6 nitrogen and oxygen atoms in total. The Kier molecular flexibility index (Phi) is 8.60. The lowest BCUT2D eigenvalue weighted by Crippen LogP contribution is -2.52. The molecule has 1 amide bonds. The number of para-hydroxylation sites is 1. The number of anilines is 1. The molecule has 198 valence electrons. The molecule has 0 spiro atoms. The maximum Gasteiger partial charge on any atom is 0.255 e. The summed E-state index contributed by atoms with van der Waals surface area (Å²) in [4.78, 5) is 29.7. The maximum atomic E-state index is 13.3.